The van der Waals surface area contributed by atoms with Crippen molar-refractivity contribution in [1.29, 1.82) is 0 Å². The normalized spacial score (nSPS) is 19.5. The summed E-state index contributed by atoms with van der Waals surface area (Å²) in [7, 11) is 0. The van der Waals surface area contributed by atoms with Crippen LogP contribution in [0.3, 0.4) is 0 Å². The van der Waals surface area contributed by atoms with Crippen LogP contribution >= 0.6 is 22.7 Å². The molecule has 3 aromatic heterocycles. The van der Waals surface area contributed by atoms with E-state index >= 15 is 0 Å². The van der Waals surface area contributed by atoms with Crippen LogP contribution in [0.2, 0.25) is 0 Å². The van der Waals surface area contributed by atoms with Crippen molar-refractivity contribution in [2.75, 3.05) is 0 Å². The van der Waals surface area contributed by atoms with Gasteiger partial charge in [-0.1, -0.05) is 71.5 Å². The highest BCUT2D eigenvalue weighted by Crippen LogP contribution is 2.40. The quantitative estimate of drug-likeness (QED) is 0.189. The van der Waals surface area contributed by atoms with Crippen molar-refractivity contribution in [3.05, 3.63) is 155 Å². The van der Waals surface area contributed by atoms with Crippen molar-refractivity contribution in [2.24, 2.45) is 4.99 Å². The molecule has 2 aromatic carbocycles. The molecule has 0 atom stereocenters. The van der Waals surface area contributed by atoms with Gasteiger partial charge in [0.05, 0.1) is 17.0 Å². The van der Waals surface area contributed by atoms with E-state index in [-0.39, 0.29) is 5.41 Å². The summed E-state index contributed by atoms with van der Waals surface area (Å²) < 4.78 is 2.34. The lowest BCUT2D eigenvalue weighted by Crippen LogP contribution is -2.18. The minimum Gasteiger partial charge on any atom is -0.378 e. The minimum absolute atomic E-state index is 0.275. The van der Waals surface area contributed by atoms with Gasteiger partial charge in [-0.25, -0.2) is 4.99 Å². The Morgan fingerprint density at radius 3 is 2.02 bits per heavy atom. The van der Waals surface area contributed by atoms with Crippen molar-refractivity contribution >= 4 is 45.1 Å². The molecule has 46 heavy (non-hydrogen) atoms. The fraction of sp³-hybridized carbons (Fsp3) is 0.195. The zero-order valence-electron chi connectivity index (χ0n) is 26.9. The van der Waals surface area contributed by atoms with Crippen molar-refractivity contribution in [2.45, 2.75) is 52.6 Å². The number of aliphatic hydroxyl groups is 1. The second-order valence-electron chi connectivity index (χ2n) is 13.1. The van der Waals surface area contributed by atoms with E-state index in [0.717, 1.165) is 48.9 Å². The first-order valence-corrected chi connectivity index (χ1v) is 17.2. The lowest BCUT2D eigenvalue weighted by atomic mass is 9.88. The number of H-pyrrole nitrogens is 1. The molecule has 8 bridgehead atoms. The van der Waals surface area contributed by atoms with Crippen LogP contribution in [-0.4, -0.2) is 21.4 Å². The number of hydrogen-bond acceptors (Lipinski definition) is 4. The number of aromatic nitrogens is 1. The molecule has 3 nitrogen and oxygen atoms in total. The minimum atomic E-state index is -1.13. The maximum atomic E-state index is 10.5. The highest BCUT2D eigenvalue weighted by Gasteiger charge is 2.29. The number of benzene rings is 2. The van der Waals surface area contributed by atoms with Crippen LogP contribution in [0.25, 0.3) is 16.7 Å². The van der Waals surface area contributed by atoms with Crippen molar-refractivity contribution < 1.29 is 5.11 Å². The van der Waals surface area contributed by atoms with Crippen LogP contribution in [0.5, 0.6) is 0 Å². The summed E-state index contributed by atoms with van der Waals surface area (Å²) in [5.41, 5.74) is 10.4. The number of allylic oxidation sites excluding steroid dienone is 3. The maximum absolute atomic E-state index is 10.5. The molecular weight excluding hydrogens is 601 g/mol. The molecule has 5 heterocycles. The summed E-state index contributed by atoms with van der Waals surface area (Å²) >= 11 is 3.52. The Morgan fingerprint density at radius 2 is 1.37 bits per heavy atom. The summed E-state index contributed by atoms with van der Waals surface area (Å²) in [6.45, 7) is 12.2. The molecule has 2 aliphatic rings. The van der Waals surface area contributed by atoms with Crippen molar-refractivity contribution in [3.8, 4) is 11.8 Å². The smallest absolute Gasteiger partial charge is 0.120 e. The molecule has 0 amide bonds. The predicted molar refractivity (Wildman–Crippen MR) is 195 cm³/mol. The molecule has 5 aromatic rings. The second-order valence-corrected chi connectivity index (χ2v) is 15.3. The second kappa shape index (κ2) is 11.4. The van der Waals surface area contributed by atoms with Crippen LogP contribution in [0.15, 0.2) is 108 Å². The van der Waals surface area contributed by atoms with Crippen LogP contribution in [0.1, 0.15) is 71.1 Å². The van der Waals surface area contributed by atoms with E-state index in [9.17, 15) is 5.11 Å². The van der Waals surface area contributed by atoms with Gasteiger partial charge in [-0.3, -0.25) is 0 Å². The number of aromatic amines is 1. The number of fused-ring (bicyclic) bond motifs is 7. The average Bonchev–Trinajstić information content (AvgIpc) is 3.83. The largest absolute Gasteiger partial charge is 0.378 e. The van der Waals surface area contributed by atoms with Gasteiger partial charge in [0.15, 0.2) is 0 Å². The van der Waals surface area contributed by atoms with Gasteiger partial charge < -0.3 is 10.1 Å². The van der Waals surface area contributed by atoms with Crippen molar-refractivity contribution in [3.63, 3.8) is 0 Å². The molecule has 2 N–H and O–H groups in total. The van der Waals surface area contributed by atoms with E-state index in [1.54, 1.807) is 36.5 Å². The van der Waals surface area contributed by atoms with E-state index in [1.807, 2.05) is 0 Å². The number of hydrogen-bond donors (Lipinski definition) is 2. The summed E-state index contributed by atoms with van der Waals surface area (Å²) in [5.74, 6) is 6.38. The Kier molecular flexibility index (Phi) is 7.48. The molecule has 2 aliphatic heterocycles. The Morgan fingerprint density at radius 1 is 0.739 bits per heavy atom. The number of rotatable bonds is 2. The lowest BCUT2D eigenvalue weighted by Gasteiger charge is -2.22. The summed E-state index contributed by atoms with van der Waals surface area (Å²) in [6, 6.07) is 30.8. The summed E-state index contributed by atoms with van der Waals surface area (Å²) in [4.78, 5) is 11.3. The van der Waals surface area contributed by atoms with Gasteiger partial charge in [-0.2, -0.15) is 0 Å². The van der Waals surface area contributed by atoms with E-state index in [1.165, 1.54) is 31.7 Å². The third-order valence-corrected chi connectivity index (χ3v) is 11.1. The molecular formula is C41H36N2OS2. The molecule has 7 rings (SSSR count). The highest BCUT2D eigenvalue weighted by molar-refractivity contribution is 7.13. The maximum Gasteiger partial charge on any atom is 0.120 e. The molecule has 228 valence electrons. The molecule has 0 saturated carbocycles. The fourth-order valence-corrected chi connectivity index (χ4v) is 8.14. The van der Waals surface area contributed by atoms with Crippen LogP contribution in [0.4, 0.5) is 0 Å². The van der Waals surface area contributed by atoms with Crippen LogP contribution in [0, 0.1) is 25.7 Å². The number of thiophene rings is 2. The first-order chi connectivity index (χ1) is 22.0. The monoisotopic (exact) mass is 636 g/mol. The fourth-order valence-electron chi connectivity index (χ4n) is 5.85. The number of nitrogens with zero attached hydrogens (tertiary/aromatic N) is 1. The van der Waals surface area contributed by atoms with Gasteiger partial charge in [-0.15, -0.1) is 22.7 Å². The van der Waals surface area contributed by atoms with E-state index in [2.05, 4.69) is 142 Å². The van der Waals surface area contributed by atoms with Gasteiger partial charge in [-0.05, 0) is 101 Å². The van der Waals surface area contributed by atoms with E-state index in [4.69, 9.17) is 4.99 Å². The summed E-state index contributed by atoms with van der Waals surface area (Å²) in [6.07, 6.45) is 4.17. The zero-order valence-corrected chi connectivity index (χ0v) is 28.6. The van der Waals surface area contributed by atoms with Gasteiger partial charge in [0.2, 0.25) is 0 Å². The Bertz CT molecular complexity index is 2260. The van der Waals surface area contributed by atoms with Gasteiger partial charge in [0.1, 0.15) is 5.60 Å². The molecule has 0 spiro atoms. The Hall–Kier alpha value is -4.47. The molecule has 5 heteroatoms. The topological polar surface area (TPSA) is 48.4 Å². The van der Waals surface area contributed by atoms with Gasteiger partial charge >= 0.3 is 0 Å². The molecule has 0 radical (unpaired) electrons. The molecule has 0 unspecified atom stereocenters. The standard InChI is InChI=1S/C41H36N2OS2/c1-25-7-11-27(12-8-25)38-31-16-15-30(42-31)29(23-24-40(3,4)44)33-20-22-37(46-33)41(5,6)36-21-17-32(43-36)39(35-19-18-34(38)45-35)28-13-9-26(2)10-14-28/h7-22,43-44H,1-6H3/b30-29-,38-34-,39-35-. The van der Waals surface area contributed by atoms with Gasteiger partial charge in [0, 0.05) is 46.8 Å². The Labute approximate surface area is 278 Å². The first kappa shape index (κ1) is 30.2. The third kappa shape index (κ3) is 5.69. The number of aryl methyl sites for hydroxylation is 2. The average molecular weight is 637 g/mol. The SMILES string of the molecule is Cc1ccc(/C2=c3\cc/c(s3)=C(\c3ccc(C)cc3)c3ccc([nH]3)C(C)(C)c3ccc(s3)/C(C#CC(C)(C)O)=C3/C=CC2=N3)cc1. The van der Waals surface area contributed by atoms with Gasteiger partial charge in [0.25, 0.3) is 0 Å². The third-order valence-electron chi connectivity index (χ3n) is 8.52. The van der Waals surface area contributed by atoms with Crippen LogP contribution in [-0.2, 0) is 5.41 Å². The number of nitrogens with one attached hydrogen (secondary N) is 1. The zero-order chi connectivity index (χ0) is 32.2. The van der Waals surface area contributed by atoms with E-state index in [0.29, 0.717) is 0 Å². The molecule has 0 fully saturated rings. The molecule has 0 saturated heterocycles. The van der Waals surface area contributed by atoms with E-state index < -0.39 is 5.60 Å². The lowest BCUT2D eigenvalue weighted by molar-refractivity contribution is 0.143. The Balaban J connectivity index is 1.60. The molecule has 0 aliphatic carbocycles. The number of aliphatic imine (C=N–C) groups is 1. The summed E-state index contributed by atoms with van der Waals surface area (Å²) in [5, 5.41) is 10.5. The van der Waals surface area contributed by atoms with Crippen molar-refractivity contribution in [1.82, 2.24) is 4.98 Å². The first-order valence-electron chi connectivity index (χ1n) is 15.5. The highest BCUT2D eigenvalue weighted by atomic mass is 32.1. The predicted octanol–water partition coefficient (Wildman–Crippen LogP) is 8.04. The van der Waals surface area contributed by atoms with Crippen LogP contribution < -0.4 is 9.06 Å².